The highest BCUT2D eigenvalue weighted by Crippen LogP contribution is 2.33. The van der Waals surface area contributed by atoms with Crippen LogP contribution in [0.4, 0.5) is 5.82 Å². The Balaban J connectivity index is 1.89. The van der Waals surface area contributed by atoms with Gasteiger partial charge in [0.25, 0.3) is 11.5 Å². The minimum atomic E-state index is -0.239. The summed E-state index contributed by atoms with van der Waals surface area (Å²) in [7, 11) is 0. The van der Waals surface area contributed by atoms with Crippen molar-refractivity contribution >= 4 is 51.7 Å². The number of carbonyl (C=O) groups is 1. The highest BCUT2D eigenvalue weighted by atomic mass is 32.2. The molecule has 1 aliphatic rings. The molecule has 0 bridgehead atoms. The fourth-order valence-corrected chi connectivity index (χ4v) is 4.52. The van der Waals surface area contributed by atoms with E-state index in [-0.39, 0.29) is 11.5 Å². The van der Waals surface area contributed by atoms with Gasteiger partial charge in [0.1, 0.15) is 15.8 Å². The Morgan fingerprint density at radius 3 is 2.80 bits per heavy atom. The van der Waals surface area contributed by atoms with E-state index in [1.165, 1.54) is 35.4 Å². The van der Waals surface area contributed by atoms with Gasteiger partial charge in [-0.15, -0.1) is 6.58 Å². The van der Waals surface area contributed by atoms with Crippen molar-refractivity contribution < 1.29 is 4.79 Å². The number of pyridine rings is 1. The minimum Gasteiger partial charge on any atom is -0.366 e. The molecule has 0 radical (unpaired) electrons. The SMILES string of the molecule is C=CCNc1nc2ccccn2c(=O)c1C=C1SC(=S)N(CCCCCCC)C1=O. The summed E-state index contributed by atoms with van der Waals surface area (Å²) in [4.78, 5) is 32.6. The van der Waals surface area contributed by atoms with Crippen LogP contribution in [0.2, 0.25) is 0 Å². The highest BCUT2D eigenvalue weighted by Gasteiger charge is 2.32. The van der Waals surface area contributed by atoms with Crippen molar-refractivity contribution in [2.24, 2.45) is 0 Å². The van der Waals surface area contributed by atoms with Crippen LogP contribution >= 0.6 is 24.0 Å². The average molecular weight is 443 g/mol. The molecule has 2 aromatic heterocycles. The lowest BCUT2D eigenvalue weighted by molar-refractivity contribution is -0.122. The molecule has 1 saturated heterocycles. The van der Waals surface area contributed by atoms with Crippen LogP contribution in [0.25, 0.3) is 11.7 Å². The van der Waals surface area contributed by atoms with Crippen molar-refractivity contribution in [3.63, 3.8) is 0 Å². The quantitative estimate of drug-likeness (QED) is 0.254. The van der Waals surface area contributed by atoms with Crippen molar-refractivity contribution in [2.45, 2.75) is 39.0 Å². The Morgan fingerprint density at radius 2 is 2.03 bits per heavy atom. The number of carbonyl (C=O) groups excluding carboxylic acids is 1. The van der Waals surface area contributed by atoms with Crippen molar-refractivity contribution in [3.8, 4) is 0 Å². The smallest absolute Gasteiger partial charge is 0.267 e. The first kappa shape index (κ1) is 22.2. The summed E-state index contributed by atoms with van der Waals surface area (Å²) < 4.78 is 2.01. The Morgan fingerprint density at radius 1 is 1.23 bits per heavy atom. The number of aromatic nitrogens is 2. The van der Waals surface area contributed by atoms with Crippen LogP contribution in [0.15, 0.2) is 46.8 Å². The Labute approximate surface area is 186 Å². The number of hydrogen-bond donors (Lipinski definition) is 1. The fraction of sp³-hybridized carbons (Fsp3) is 0.364. The maximum Gasteiger partial charge on any atom is 0.267 e. The van der Waals surface area contributed by atoms with Gasteiger partial charge in [-0.25, -0.2) is 4.98 Å². The fourth-order valence-electron chi connectivity index (χ4n) is 3.23. The molecular weight excluding hydrogens is 416 g/mol. The normalized spacial score (nSPS) is 15.4. The molecule has 0 aromatic carbocycles. The van der Waals surface area contributed by atoms with Crippen LogP contribution in [-0.2, 0) is 4.79 Å². The first-order chi connectivity index (χ1) is 14.6. The lowest BCUT2D eigenvalue weighted by Crippen LogP contribution is -2.29. The Kier molecular flexibility index (Phi) is 7.81. The zero-order valence-corrected chi connectivity index (χ0v) is 18.7. The Hall–Kier alpha value is -2.45. The van der Waals surface area contributed by atoms with Gasteiger partial charge in [-0.3, -0.25) is 18.9 Å². The van der Waals surface area contributed by atoms with Gasteiger partial charge in [0, 0.05) is 19.3 Å². The van der Waals surface area contributed by atoms with E-state index >= 15 is 0 Å². The molecule has 0 atom stereocenters. The number of unbranched alkanes of at least 4 members (excludes halogenated alkanes) is 4. The topological polar surface area (TPSA) is 66.7 Å². The number of nitrogens with one attached hydrogen (secondary N) is 1. The van der Waals surface area contributed by atoms with Gasteiger partial charge < -0.3 is 5.32 Å². The summed E-state index contributed by atoms with van der Waals surface area (Å²) in [5.74, 6) is 0.281. The molecule has 8 heteroatoms. The molecule has 3 rings (SSSR count). The number of hydrogen-bond acceptors (Lipinski definition) is 6. The average Bonchev–Trinajstić information content (AvgIpc) is 3.01. The van der Waals surface area contributed by atoms with E-state index in [0.717, 1.165) is 12.8 Å². The zero-order chi connectivity index (χ0) is 21.5. The molecule has 1 fully saturated rings. The number of nitrogens with zero attached hydrogens (tertiary/aromatic N) is 3. The van der Waals surface area contributed by atoms with Gasteiger partial charge in [0.2, 0.25) is 0 Å². The standard InChI is InChI=1S/C22H26N4O2S2/c1-3-5-6-7-9-14-26-21(28)17(30-22(26)29)15-16-19(23-12-4-2)24-18-11-8-10-13-25(18)20(16)27/h4,8,10-11,13,15,23H,2-3,5-7,9,12,14H2,1H3. The van der Waals surface area contributed by atoms with Crippen LogP contribution in [0, 0.1) is 0 Å². The van der Waals surface area contributed by atoms with Gasteiger partial charge in [0.05, 0.1) is 10.5 Å². The molecule has 0 aliphatic carbocycles. The summed E-state index contributed by atoms with van der Waals surface area (Å²) >= 11 is 6.66. The van der Waals surface area contributed by atoms with Crippen molar-refractivity contribution in [3.05, 3.63) is 57.9 Å². The molecule has 0 spiro atoms. The maximum absolute atomic E-state index is 13.1. The number of thioether (sulfide) groups is 1. The predicted octanol–water partition coefficient (Wildman–Crippen LogP) is 4.46. The number of fused-ring (bicyclic) bond motifs is 1. The van der Waals surface area contributed by atoms with Crippen LogP contribution < -0.4 is 10.9 Å². The second kappa shape index (κ2) is 10.5. The molecule has 30 heavy (non-hydrogen) atoms. The van der Waals surface area contributed by atoms with E-state index in [9.17, 15) is 9.59 Å². The second-order valence-electron chi connectivity index (χ2n) is 7.03. The van der Waals surface area contributed by atoms with Gasteiger partial charge >= 0.3 is 0 Å². The largest absolute Gasteiger partial charge is 0.366 e. The molecule has 0 unspecified atom stereocenters. The molecule has 1 aliphatic heterocycles. The molecule has 1 N–H and O–H groups in total. The second-order valence-corrected chi connectivity index (χ2v) is 8.70. The van der Waals surface area contributed by atoms with Crippen LogP contribution in [0.5, 0.6) is 0 Å². The van der Waals surface area contributed by atoms with E-state index in [1.54, 1.807) is 35.4 Å². The van der Waals surface area contributed by atoms with E-state index in [2.05, 4.69) is 23.8 Å². The molecule has 0 saturated carbocycles. The summed E-state index contributed by atoms with van der Waals surface area (Å²) in [6, 6.07) is 5.36. The zero-order valence-electron chi connectivity index (χ0n) is 17.1. The summed E-state index contributed by atoms with van der Waals surface area (Å²) in [6.07, 6.45) is 10.5. The predicted molar refractivity (Wildman–Crippen MR) is 129 cm³/mol. The number of anilines is 1. The first-order valence-corrected chi connectivity index (χ1v) is 11.4. The van der Waals surface area contributed by atoms with Gasteiger partial charge in [-0.2, -0.15) is 0 Å². The number of amides is 1. The van der Waals surface area contributed by atoms with E-state index in [0.29, 0.717) is 39.3 Å². The van der Waals surface area contributed by atoms with Crippen molar-refractivity contribution in [1.82, 2.24) is 14.3 Å². The number of thiocarbonyl (C=S) groups is 1. The van der Waals surface area contributed by atoms with E-state index in [4.69, 9.17) is 12.2 Å². The highest BCUT2D eigenvalue weighted by molar-refractivity contribution is 8.26. The van der Waals surface area contributed by atoms with E-state index in [1.807, 2.05) is 6.07 Å². The lowest BCUT2D eigenvalue weighted by Gasteiger charge is -2.14. The Bertz CT molecular complexity index is 1050. The van der Waals surface area contributed by atoms with Gasteiger partial charge in [-0.05, 0) is 24.6 Å². The summed E-state index contributed by atoms with van der Waals surface area (Å²) in [6.45, 7) is 6.94. The van der Waals surface area contributed by atoms with Crippen LogP contribution in [-0.4, -0.2) is 37.6 Å². The molecular formula is C22H26N4O2S2. The van der Waals surface area contributed by atoms with Crippen molar-refractivity contribution in [1.29, 1.82) is 0 Å². The third-order valence-corrected chi connectivity index (χ3v) is 6.19. The number of rotatable bonds is 10. The van der Waals surface area contributed by atoms with Crippen molar-refractivity contribution in [2.75, 3.05) is 18.4 Å². The summed E-state index contributed by atoms with van der Waals surface area (Å²) in [5, 5.41) is 3.11. The third kappa shape index (κ3) is 4.99. The maximum atomic E-state index is 13.1. The molecule has 6 nitrogen and oxygen atoms in total. The van der Waals surface area contributed by atoms with Gasteiger partial charge in [-0.1, -0.05) is 68.7 Å². The molecule has 1 amide bonds. The third-order valence-electron chi connectivity index (χ3n) is 4.82. The monoisotopic (exact) mass is 442 g/mol. The van der Waals surface area contributed by atoms with Crippen LogP contribution in [0.3, 0.4) is 0 Å². The van der Waals surface area contributed by atoms with Crippen LogP contribution in [0.1, 0.15) is 44.6 Å². The molecule has 3 heterocycles. The van der Waals surface area contributed by atoms with E-state index < -0.39 is 0 Å². The lowest BCUT2D eigenvalue weighted by atomic mass is 10.1. The first-order valence-electron chi connectivity index (χ1n) is 10.2. The molecule has 158 valence electrons. The summed E-state index contributed by atoms with van der Waals surface area (Å²) in [5.41, 5.74) is 0.631. The van der Waals surface area contributed by atoms with Gasteiger partial charge in [0.15, 0.2) is 0 Å². The molecule has 2 aromatic rings. The minimum absolute atomic E-state index is 0.146.